The van der Waals surface area contributed by atoms with E-state index in [1.807, 2.05) is 30.3 Å². The number of fused-ring (bicyclic) bond motifs is 1. The van der Waals surface area contributed by atoms with E-state index in [1.54, 1.807) is 36.4 Å². The Morgan fingerprint density at radius 1 is 0.862 bits per heavy atom. The monoisotopic (exact) mass is 380 g/mol. The summed E-state index contributed by atoms with van der Waals surface area (Å²) in [5.74, 6) is 0.0276. The van der Waals surface area contributed by atoms with Crippen LogP contribution < -0.4 is 0 Å². The molecule has 0 aliphatic heterocycles. The maximum absolute atomic E-state index is 10.4. The van der Waals surface area contributed by atoms with Gasteiger partial charge in [0, 0.05) is 16.5 Å². The largest absolute Gasteiger partial charge is 0.507 e. The molecule has 0 radical (unpaired) electrons. The van der Waals surface area contributed by atoms with Crippen LogP contribution in [0, 0.1) is 11.3 Å². The molecule has 4 rings (SSSR count). The Morgan fingerprint density at radius 3 is 2.45 bits per heavy atom. The Hall–Kier alpha value is -4.08. The molecule has 0 saturated heterocycles. The molecule has 0 saturated carbocycles. The maximum atomic E-state index is 10.4. The van der Waals surface area contributed by atoms with Crippen LogP contribution in [0.4, 0.5) is 11.4 Å². The maximum Gasteiger partial charge on any atom is 0.149 e. The van der Waals surface area contributed by atoms with Crippen molar-refractivity contribution in [2.75, 3.05) is 0 Å². The lowest BCUT2D eigenvalue weighted by Gasteiger charge is -2.09. The van der Waals surface area contributed by atoms with Crippen molar-refractivity contribution >= 4 is 22.3 Å². The van der Waals surface area contributed by atoms with Crippen LogP contribution in [0.5, 0.6) is 5.75 Å². The van der Waals surface area contributed by atoms with Gasteiger partial charge >= 0.3 is 0 Å². The van der Waals surface area contributed by atoms with Crippen LogP contribution in [0.3, 0.4) is 0 Å². The fraction of sp³-hybridized carbons (Fsp3) is 0.0435. The summed E-state index contributed by atoms with van der Waals surface area (Å²) < 4.78 is 0. The molecule has 6 nitrogen and oxygen atoms in total. The van der Waals surface area contributed by atoms with Gasteiger partial charge in [0.15, 0.2) is 0 Å². The van der Waals surface area contributed by atoms with Crippen molar-refractivity contribution < 1.29 is 10.2 Å². The number of aliphatic hydroxyl groups is 1. The van der Waals surface area contributed by atoms with E-state index in [0.29, 0.717) is 28.0 Å². The van der Waals surface area contributed by atoms with Crippen molar-refractivity contribution in [3.8, 4) is 22.9 Å². The number of hydrogen-bond donors (Lipinski definition) is 2. The van der Waals surface area contributed by atoms with Gasteiger partial charge < -0.3 is 10.2 Å². The van der Waals surface area contributed by atoms with Crippen LogP contribution >= 0.6 is 0 Å². The smallest absolute Gasteiger partial charge is 0.149 e. The van der Waals surface area contributed by atoms with Gasteiger partial charge in [0.1, 0.15) is 17.5 Å². The highest BCUT2D eigenvalue weighted by Crippen LogP contribution is 2.36. The van der Waals surface area contributed by atoms with Crippen LogP contribution in [0.15, 0.2) is 83.0 Å². The molecule has 29 heavy (non-hydrogen) atoms. The highest BCUT2D eigenvalue weighted by molar-refractivity contribution is 5.88. The number of azo groups is 1. The molecule has 0 atom stereocenters. The van der Waals surface area contributed by atoms with Gasteiger partial charge in [0.25, 0.3) is 0 Å². The number of pyridine rings is 1. The van der Waals surface area contributed by atoms with Crippen molar-refractivity contribution in [2.45, 2.75) is 6.61 Å². The van der Waals surface area contributed by atoms with Gasteiger partial charge in [-0.2, -0.15) is 15.5 Å². The van der Waals surface area contributed by atoms with E-state index in [1.165, 1.54) is 6.07 Å². The van der Waals surface area contributed by atoms with Gasteiger partial charge in [-0.1, -0.05) is 30.3 Å². The van der Waals surface area contributed by atoms with E-state index in [-0.39, 0.29) is 18.1 Å². The topological polar surface area (TPSA) is 102 Å². The first-order valence-electron chi connectivity index (χ1n) is 8.93. The lowest BCUT2D eigenvalue weighted by atomic mass is 10.0. The minimum absolute atomic E-state index is 0.0276. The molecule has 3 aromatic carbocycles. The molecule has 0 aliphatic carbocycles. The third-order valence-electron chi connectivity index (χ3n) is 4.47. The minimum atomic E-state index is -0.0708. The predicted molar refractivity (Wildman–Crippen MR) is 110 cm³/mol. The number of nitriles is 1. The quantitative estimate of drug-likeness (QED) is 0.464. The molecule has 0 bridgehead atoms. The van der Waals surface area contributed by atoms with Crippen molar-refractivity contribution in [3.63, 3.8) is 0 Å². The summed E-state index contributed by atoms with van der Waals surface area (Å²) in [6, 6.07) is 23.4. The predicted octanol–water partition coefficient (Wildman–Crippen LogP) is 5.39. The molecule has 0 fully saturated rings. The van der Waals surface area contributed by atoms with E-state index in [0.717, 1.165) is 10.9 Å². The third-order valence-corrected chi connectivity index (χ3v) is 4.47. The highest BCUT2D eigenvalue weighted by Gasteiger charge is 2.13. The molecule has 1 heterocycles. The Balaban J connectivity index is 1.77. The number of phenols is 1. The van der Waals surface area contributed by atoms with Crippen molar-refractivity contribution in [1.82, 2.24) is 4.98 Å². The van der Waals surface area contributed by atoms with Crippen molar-refractivity contribution in [3.05, 3.63) is 84.1 Å². The molecule has 2 N–H and O–H groups in total. The van der Waals surface area contributed by atoms with E-state index in [9.17, 15) is 15.5 Å². The molecule has 4 aromatic rings. The summed E-state index contributed by atoms with van der Waals surface area (Å²) in [7, 11) is 0. The van der Waals surface area contributed by atoms with Crippen LogP contribution in [-0.4, -0.2) is 15.2 Å². The number of aromatic nitrogens is 1. The van der Waals surface area contributed by atoms with Crippen molar-refractivity contribution in [2.24, 2.45) is 10.2 Å². The number of hydrogen-bond acceptors (Lipinski definition) is 6. The van der Waals surface area contributed by atoms with Crippen LogP contribution in [0.25, 0.3) is 22.0 Å². The minimum Gasteiger partial charge on any atom is -0.507 e. The molecule has 140 valence electrons. The van der Waals surface area contributed by atoms with Gasteiger partial charge in [-0.15, -0.1) is 0 Å². The standard InChI is InChI=1S/C23H16N4O2/c24-13-22-19(11-16-5-1-2-7-21(16)25-22)20-12-18(8-9-23(20)29)27-26-17-6-3-4-15(10-17)14-28/h1-12,28-29H,14H2/b27-26+. The normalized spacial score (nSPS) is 11.0. The lowest BCUT2D eigenvalue weighted by Crippen LogP contribution is -1.91. The summed E-state index contributed by atoms with van der Waals surface area (Å²) in [5.41, 5.74) is 3.80. The van der Waals surface area contributed by atoms with Gasteiger partial charge in [-0.05, 0) is 48.0 Å². The summed E-state index contributed by atoms with van der Waals surface area (Å²) in [4.78, 5) is 4.40. The zero-order valence-corrected chi connectivity index (χ0v) is 15.3. The number of aromatic hydroxyl groups is 1. The number of nitrogens with zero attached hydrogens (tertiary/aromatic N) is 4. The molecular weight excluding hydrogens is 364 g/mol. The summed E-state index contributed by atoms with van der Waals surface area (Å²) in [6.07, 6.45) is 0. The summed E-state index contributed by atoms with van der Waals surface area (Å²) in [6.45, 7) is -0.0708. The molecule has 1 aromatic heterocycles. The van der Waals surface area contributed by atoms with Gasteiger partial charge in [-0.25, -0.2) is 4.98 Å². The highest BCUT2D eigenvalue weighted by atomic mass is 16.3. The van der Waals surface area contributed by atoms with Gasteiger partial charge in [0.2, 0.25) is 0 Å². The first-order chi connectivity index (χ1) is 14.2. The zero-order valence-electron chi connectivity index (χ0n) is 15.3. The Kier molecular flexibility index (Phi) is 4.97. The van der Waals surface area contributed by atoms with Crippen LogP contribution in [0.2, 0.25) is 0 Å². The molecule has 0 amide bonds. The fourth-order valence-corrected chi connectivity index (χ4v) is 3.04. The average molecular weight is 380 g/mol. The number of aliphatic hydroxyl groups excluding tert-OH is 1. The first kappa shape index (κ1) is 18.3. The zero-order chi connectivity index (χ0) is 20.2. The number of phenolic OH excluding ortho intramolecular Hbond substituents is 1. The third kappa shape index (κ3) is 3.81. The SMILES string of the molecule is N#Cc1nc2ccccc2cc1-c1cc(/N=N/c2cccc(CO)c2)ccc1O. The lowest BCUT2D eigenvalue weighted by molar-refractivity contribution is 0.282. The van der Waals surface area contributed by atoms with E-state index >= 15 is 0 Å². The van der Waals surface area contributed by atoms with Gasteiger partial charge in [-0.3, -0.25) is 0 Å². The van der Waals surface area contributed by atoms with E-state index in [2.05, 4.69) is 21.3 Å². The fourth-order valence-electron chi connectivity index (χ4n) is 3.04. The molecule has 0 spiro atoms. The van der Waals surface area contributed by atoms with Gasteiger partial charge in [0.05, 0.1) is 23.5 Å². The summed E-state index contributed by atoms with van der Waals surface area (Å²) in [5, 5.41) is 38.5. The second kappa shape index (κ2) is 7.89. The molecule has 6 heteroatoms. The Bertz CT molecular complexity index is 1280. The summed E-state index contributed by atoms with van der Waals surface area (Å²) >= 11 is 0. The molecular formula is C23H16N4O2. The van der Waals surface area contributed by atoms with E-state index < -0.39 is 0 Å². The first-order valence-corrected chi connectivity index (χ1v) is 8.93. The van der Waals surface area contributed by atoms with Crippen LogP contribution in [0.1, 0.15) is 11.3 Å². The number of rotatable bonds is 4. The second-order valence-corrected chi connectivity index (χ2v) is 6.42. The van der Waals surface area contributed by atoms with Crippen molar-refractivity contribution in [1.29, 1.82) is 5.26 Å². The molecule has 0 aliphatic rings. The Labute approximate surface area is 167 Å². The van der Waals surface area contributed by atoms with E-state index in [4.69, 9.17) is 0 Å². The average Bonchev–Trinajstić information content (AvgIpc) is 2.77. The molecule has 0 unspecified atom stereocenters. The Morgan fingerprint density at radius 2 is 1.66 bits per heavy atom. The second-order valence-electron chi connectivity index (χ2n) is 6.42. The number of para-hydroxylation sites is 1. The number of benzene rings is 3. The van der Waals surface area contributed by atoms with Crippen LogP contribution in [-0.2, 0) is 6.61 Å².